The highest BCUT2D eigenvalue weighted by atomic mass is 15.2. The normalized spacial score (nSPS) is 26.9. The number of fused-ring (bicyclic) bond motifs is 2. The van der Waals surface area contributed by atoms with Gasteiger partial charge in [0.05, 0.1) is 11.6 Å². The zero-order chi connectivity index (χ0) is 11.8. The van der Waals surface area contributed by atoms with Gasteiger partial charge in [-0.3, -0.25) is 4.90 Å². The van der Waals surface area contributed by atoms with Gasteiger partial charge >= 0.3 is 0 Å². The summed E-state index contributed by atoms with van der Waals surface area (Å²) in [4.78, 5) is 2.54. The van der Waals surface area contributed by atoms with Crippen molar-refractivity contribution in [2.75, 3.05) is 13.1 Å². The third-order valence-electron chi connectivity index (χ3n) is 4.02. The Kier molecular flexibility index (Phi) is 2.49. The lowest BCUT2D eigenvalue weighted by Gasteiger charge is -2.24. The maximum Gasteiger partial charge on any atom is 0.0991 e. The van der Waals surface area contributed by atoms with E-state index in [0.717, 1.165) is 12.1 Å². The van der Waals surface area contributed by atoms with Crippen LogP contribution in [0.2, 0.25) is 0 Å². The van der Waals surface area contributed by atoms with Gasteiger partial charge in [0.15, 0.2) is 0 Å². The number of hydrogen-bond donors (Lipinski definition) is 0. The lowest BCUT2D eigenvalue weighted by molar-refractivity contribution is 0.297. The van der Waals surface area contributed by atoms with Crippen molar-refractivity contribution in [1.29, 1.82) is 5.26 Å². The Balaban J connectivity index is 1.87. The van der Waals surface area contributed by atoms with Gasteiger partial charge < -0.3 is 0 Å². The van der Waals surface area contributed by atoms with Crippen molar-refractivity contribution in [3.8, 4) is 6.07 Å². The Morgan fingerprint density at radius 2 is 2.12 bits per heavy atom. The summed E-state index contributed by atoms with van der Waals surface area (Å²) in [5.74, 6) is 0.702. The average Bonchev–Trinajstić information content (AvgIpc) is 2.98. The van der Waals surface area contributed by atoms with E-state index in [0.29, 0.717) is 12.0 Å². The van der Waals surface area contributed by atoms with Crippen LogP contribution in [0.3, 0.4) is 0 Å². The highest BCUT2D eigenvalue weighted by Gasteiger charge is 2.37. The molecule has 2 unspecified atom stereocenters. The molecule has 2 bridgehead atoms. The molecule has 2 aliphatic rings. The smallest absolute Gasteiger partial charge is 0.0991 e. The molecule has 2 nitrogen and oxygen atoms in total. The lowest BCUT2D eigenvalue weighted by Crippen LogP contribution is -2.30. The highest BCUT2D eigenvalue weighted by molar-refractivity contribution is 5.72. The van der Waals surface area contributed by atoms with Gasteiger partial charge in [0.1, 0.15) is 0 Å². The van der Waals surface area contributed by atoms with E-state index in [1.165, 1.54) is 24.1 Å². The number of nitrogens with zero attached hydrogens (tertiary/aromatic N) is 2. The van der Waals surface area contributed by atoms with Crippen LogP contribution in [-0.2, 0) is 0 Å². The molecule has 1 fully saturated rings. The van der Waals surface area contributed by atoms with Crippen LogP contribution in [0.25, 0.3) is 5.57 Å². The van der Waals surface area contributed by atoms with Crippen molar-refractivity contribution in [2.45, 2.75) is 19.4 Å². The molecule has 1 saturated heterocycles. The number of benzene rings is 1. The molecule has 86 valence electrons. The molecule has 1 aliphatic carbocycles. The van der Waals surface area contributed by atoms with Crippen molar-refractivity contribution >= 4 is 5.57 Å². The zero-order valence-electron chi connectivity index (χ0n) is 10.1. The van der Waals surface area contributed by atoms with Crippen molar-refractivity contribution in [2.24, 2.45) is 5.92 Å². The van der Waals surface area contributed by atoms with E-state index < -0.39 is 0 Å². The largest absolute Gasteiger partial charge is 0.297 e. The van der Waals surface area contributed by atoms with Crippen LogP contribution in [0.5, 0.6) is 0 Å². The monoisotopic (exact) mass is 224 g/mol. The van der Waals surface area contributed by atoms with E-state index in [1.807, 2.05) is 12.1 Å². The van der Waals surface area contributed by atoms with Crippen LogP contribution in [-0.4, -0.2) is 24.0 Å². The summed E-state index contributed by atoms with van der Waals surface area (Å²) in [6, 6.07) is 10.8. The Hall–Kier alpha value is -1.59. The second-order valence-corrected chi connectivity index (χ2v) is 4.90. The predicted molar refractivity (Wildman–Crippen MR) is 68.3 cm³/mol. The van der Waals surface area contributed by atoms with E-state index in [1.54, 1.807) is 0 Å². The molecule has 3 rings (SSSR count). The van der Waals surface area contributed by atoms with E-state index in [-0.39, 0.29) is 0 Å². The quantitative estimate of drug-likeness (QED) is 0.772. The van der Waals surface area contributed by atoms with Crippen LogP contribution in [0.4, 0.5) is 0 Å². The minimum atomic E-state index is 0.649. The van der Waals surface area contributed by atoms with Gasteiger partial charge in [0.25, 0.3) is 0 Å². The van der Waals surface area contributed by atoms with Crippen LogP contribution < -0.4 is 0 Å². The Morgan fingerprint density at radius 1 is 1.35 bits per heavy atom. The summed E-state index contributed by atoms with van der Waals surface area (Å²) >= 11 is 0. The molecule has 1 aromatic carbocycles. The summed E-state index contributed by atoms with van der Waals surface area (Å²) in [6.45, 7) is 4.58. The molecule has 0 amide bonds. The first-order valence-electron chi connectivity index (χ1n) is 6.28. The second-order valence-electron chi connectivity index (χ2n) is 4.90. The van der Waals surface area contributed by atoms with E-state index in [9.17, 15) is 0 Å². The summed E-state index contributed by atoms with van der Waals surface area (Å²) in [7, 11) is 0. The van der Waals surface area contributed by atoms with Gasteiger partial charge in [-0.25, -0.2) is 0 Å². The fourth-order valence-electron chi connectivity index (χ4n) is 3.11. The van der Waals surface area contributed by atoms with E-state index >= 15 is 0 Å². The van der Waals surface area contributed by atoms with Crippen LogP contribution in [0, 0.1) is 17.2 Å². The SMILES string of the molecule is CCN1CC2CC1C=C2c1ccc(C#N)cc1. The van der Waals surface area contributed by atoms with E-state index in [4.69, 9.17) is 5.26 Å². The lowest BCUT2D eigenvalue weighted by atomic mass is 9.95. The molecule has 17 heavy (non-hydrogen) atoms. The molecular weight excluding hydrogens is 208 g/mol. The number of likely N-dealkylation sites (tertiary alicyclic amines) is 1. The van der Waals surface area contributed by atoms with Gasteiger partial charge in [-0.05, 0) is 42.2 Å². The Bertz CT molecular complexity index is 493. The third kappa shape index (κ3) is 1.67. The van der Waals surface area contributed by atoms with Gasteiger partial charge in [-0.15, -0.1) is 0 Å². The first-order chi connectivity index (χ1) is 8.31. The average molecular weight is 224 g/mol. The minimum Gasteiger partial charge on any atom is -0.297 e. The molecule has 0 N–H and O–H groups in total. The standard InChI is InChI=1S/C15H16N2/c1-2-17-10-13-7-14(17)8-15(13)12-5-3-11(9-16)4-6-12/h3-6,8,13-14H,2,7,10H2,1H3. The maximum absolute atomic E-state index is 8.79. The van der Waals surface area contributed by atoms with Crippen molar-refractivity contribution in [1.82, 2.24) is 4.90 Å². The maximum atomic E-state index is 8.79. The third-order valence-corrected chi connectivity index (χ3v) is 4.02. The molecule has 1 heterocycles. The number of likely N-dealkylation sites (N-methyl/N-ethyl adjacent to an activating group) is 1. The second kappa shape index (κ2) is 4.01. The van der Waals surface area contributed by atoms with Crippen LogP contribution >= 0.6 is 0 Å². The molecule has 0 radical (unpaired) electrons. The fourth-order valence-corrected chi connectivity index (χ4v) is 3.11. The first kappa shape index (κ1) is 10.6. The molecule has 2 atom stereocenters. The van der Waals surface area contributed by atoms with Gasteiger partial charge in [0.2, 0.25) is 0 Å². The van der Waals surface area contributed by atoms with Crippen molar-refractivity contribution in [3.63, 3.8) is 0 Å². The Labute approximate surface area is 102 Å². The number of hydrogen-bond acceptors (Lipinski definition) is 2. The number of rotatable bonds is 2. The van der Waals surface area contributed by atoms with Crippen LogP contribution in [0.1, 0.15) is 24.5 Å². The molecular formula is C15H16N2. The summed E-state index contributed by atoms with van der Waals surface area (Å²) < 4.78 is 0. The molecule has 1 aliphatic heterocycles. The summed E-state index contributed by atoms with van der Waals surface area (Å²) in [5.41, 5.74) is 3.53. The summed E-state index contributed by atoms with van der Waals surface area (Å²) in [6.07, 6.45) is 3.70. The van der Waals surface area contributed by atoms with Crippen LogP contribution in [0.15, 0.2) is 30.3 Å². The highest BCUT2D eigenvalue weighted by Crippen LogP contribution is 2.41. The number of nitriles is 1. The molecule has 1 aromatic rings. The Morgan fingerprint density at radius 3 is 2.65 bits per heavy atom. The van der Waals surface area contributed by atoms with Gasteiger partial charge in [-0.1, -0.05) is 25.1 Å². The van der Waals surface area contributed by atoms with Gasteiger partial charge in [0, 0.05) is 12.6 Å². The fraction of sp³-hybridized carbons (Fsp3) is 0.400. The minimum absolute atomic E-state index is 0.649. The predicted octanol–water partition coefficient (Wildman–Crippen LogP) is 2.67. The molecule has 0 spiro atoms. The summed E-state index contributed by atoms with van der Waals surface area (Å²) in [5, 5.41) is 8.79. The topological polar surface area (TPSA) is 27.0 Å². The molecule has 2 heteroatoms. The van der Waals surface area contributed by atoms with Gasteiger partial charge in [-0.2, -0.15) is 5.26 Å². The van der Waals surface area contributed by atoms with E-state index in [2.05, 4.69) is 36.1 Å². The van der Waals surface area contributed by atoms with Crippen molar-refractivity contribution in [3.05, 3.63) is 41.5 Å². The van der Waals surface area contributed by atoms with Crippen molar-refractivity contribution < 1.29 is 0 Å². The zero-order valence-corrected chi connectivity index (χ0v) is 10.1. The first-order valence-corrected chi connectivity index (χ1v) is 6.28. The molecule has 0 aromatic heterocycles. The molecule has 0 saturated carbocycles.